The number of anilines is 1. The first-order valence-electron chi connectivity index (χ1n) is 3.96. The largest absolute Gasteiger partial charge is 0.369 e. The summed E-state index contributed by atoms with van der Waals surface area (Å²) in [6.07, 6.45) is 1.11. The summed E-state index contributed by atoms with van der Waals surface area (Å²) >= 11 is 0. The number of aromatic nitrogens is 3. The maximum atomic E-state index is 10.2. The third-order valence-electron chi connectivity index (χ3n) is 0.607. The van der Waals surface area contributed by atoms with Crippen LogP contribution in [-0.2, 0) is 0 Å². The molecule has 0 fully saturated rings. The molecular weight excluding hydrogens is 156 g/mol. The highest BCUT2D eigenvalue weighted by Crippen LogP contribution is 1.73. The number of nitrogens with two attached hydrogens (primary N) is 1. The molecule has 3 N–H and O–H groups in total. The third kappa shape index (κ3) is 6.73. The second kappa shape index (κ2) is 9.61. The van der Waals surface area contributed by atoms with Gasteiger partial charge in [0.25, 0.3) is 0 Å². The van der Waals surface area contributed by atoms with Crippen molar-refractivity contribution in [1.29, 1.82) is 0 Å². The van der Waals surface area contributed by atoms with E-state index in [4.69, 9.17) is 5.73 Å². The molecule has 0 bridgehead atoms. The molecule has 0 unspecified atom stereocenters. The minimum Gasteiger partial charge on any atom is -0.369 e. The highest BCUT2D eigenvalue weighted by Gasteiger charge is 1.82. The van der Waals surface area contributed by atoms with E-state index in [0.29, 0.717) is 0 Å². The number of aromatic amines is 1. The maximum absolute atomic E-state index is 10.2. The maximum Gasteiger partial charge on any atom is 0.349 e. The molecule has 1 heterocycles. The smallest absolute Gasteiger partial charge is 0.349 e. The fourth-order valence-electron chi connectivity index (χ4n) is 0.318. The average Bonchev–Trinajstić information content (AvgIpc) is 2.11. The number of rotatable bonds is 0. The number of nitrogens with one attached hydrogen (secondary N) is 1. The molecule has 12 heavy (non-hydrogen) atoms. The molecular formula is C7H16N4O. The van der Waals surface area contributed by atoms with Crippen molar-refractivity contribution >= 4 is 5.95 Å². The summed E-state index contributed by atoms with van der Waals surface area (Å²) in [6.45, 7) is 8.00. The van der Waals surface area contributed by atoms with Gasteiger partial charge in [-0.3, -0.25) is 4.98 Å². The van der Waals surface area contributed by atoms with Crippen molar-refractivity contribution in [1.82, 2.24) is 15.0 Å². The summed E-state index contributed by atoms with van der Waals surface area (Å²) < 4.78 is 0. The van der Waals surface area contributed by atoms with Crippen LogP contribution in [0.2, 0.25) is 0 Å². The van der Waals surface area contributed by atoms with Gasteiger partial charge < -0.3 is 5.73 Å². The number of nitrogens with zero attached hydrogens (tertiary/aromatic N) is 2. The van der Waals surface area contributed by atoms with Crippen molar-refractivity contribution in [2.75, 3.05) is 5.73 Å². The zero-order chi connectivity index (χ0) is 9.98. The van der Waals surface area contributed by atoms with Crippen LogP contribution in [0, 0.1) is 0 Å². The van der Waals surface area contributed by atoms with E-state index in [-0.39, 0.29) is 5.95 Å². The molecule has 5 heteroatoms. The zero-order valence-corrected chi connectivity index (χ0v) is 7.96. The quantitative estimate of drug-likeness (QED) is 0.606. The van der Waals surface area contributed by atoms with Crippen LogP contribution in [0.15, 0.2) is 11.1 Å². The Morgan fingerprint density at radius 2 is 1.75 bits per heavy atom. The molecule has 1 aromatic heterocycles. The predicted molar refractivity (Wildman–Crippen MR) is 49.8 cm³/mol. The highest BCUT2D eigenvalue weighted by atomic mass is 16.1. The van der Waals surface area contributed by atoms with E-state index in [0.717, 1.165) is 6.33 Å². The van der Waals surface area contributed by atoms with E-state index in [2.05, 4.69) is 15.0 Å². The van der Waals surface area contributed by atoms with Gasteiger partial charge in [0, 0.05) is 0 Å². The molecule has 0 aromatic carbocycles. The first kappa shape index (κ1) is 13.2. The van der Waals surface area contributed by atoms with E-state index in [9.17, 15) is 4.79 Å². The van der Waals surface area contributed by atoms with Crippen molar-refractivity contribution in [2.24, 2.45) is 0 Å². The predicted octanol–water partition coefficient (Wildman–Crippen LogP) is 0.800. The Morgan fingerprint density at radius 1 is 1.25 bits per heavy atom. The van der Waals surface area contributed by atoms with E-state index < -0.39 is 5.69 Å². The van der Waals surface area contributed by atoms with Gasteiger partial charge in [-0.1, -0.05) is 27.7 Å². The van der Waals surface area contributed by atoms with E-state index in [1.807, 2.05) is 27.7 Å². The molecule has 0 aliphatic rings. The Balaban J connectivity index is 0. The summed E-state index contributed by atoms with van der Waals surface area (Å²) in [4.78, 5) is 19.1. The number of hydrogen-bond donors (Lipinski definition) is 2. The molecule has 0 saturated heterocycles. The summed E-state index contributed by atoms with van der Waals surface area (Å²) in [5.41, 5.74) is 4.58. The first-order chi connectivity index (χ1) is 5.79. The lowest BCUT2D eigenvalue weighted by Crippen LogP contribution is -2.12. The monoisotopic (exact) mass is 172 g/mol. The lowest BCUT2D eigenvalue weighted by molar-refractivity contribution is 1.000. The summed E-state index contributed by atoms with van der Waals surface area (Å²) in [5.74, 6) is 0.0880. The summed E-state index contributed by atoms with van der Waals surface area (Å²) in [6, 6.07) is 0. The minimum absolute atomic E-state index is 0.0880. The van der Waals surface area contributed by atoms with E-state index in [1.165, 1.54) is 0 Å². The Kier molecular flexibility index (Phi) is 10.6. The van der Waals surface area contributed by atoms with Gasteiger partial charge in [0.2, 0.25) is 5.95 Å². The topological polar surface area (TPSA) is 84.7 Å². The number of H-pyrrole nitrogens is 1. The van der Waals surface area contributed by atoms with Crippen molar-refractivity contribution in [3.63, 3.8) is 0 Å². The molecule has 0 amide bonds. The fraction of sp³-hybridized carbons (Fsp3) is 0.571. The molecule has 0 radical (unpaired) electrons. The van der Waals surface area contributed by atoms with Crippen LogP contribution in [0.3, 0.4) is 0 Å². The van der Waals surface area contributed by atoms with Gasteiger partial charge in [-0.05, 0) is 0 Å². The molecule has 0 spiro atoms. The van der Waals surface area contributed by atoms with Crippen molar-refractivity contribution in [3.05, 3.63) is 16.8 Å². The first-order valence-corrected chi connectivity index (χ1v) is 3.96. The van der Waals surface area contributed by atoms with E-state index in [1.54, 1.807) is 0 Å². The Hall–Kier alpha value is -1.39. The lowest BCUT2D eigenvalue weighted by atomic mass is 11.0. The van der Waals surface area contributed by atoms with Crippen molar-refractivity contribution in [3.8, 4) is 0 Å². The lowest BCUT2D eigenvalue weighted by Gasteiger charge is -1.83. The molecule has 1 rings (SSSR count). The van der Waals surface area contributed by atoms with E-state index >= 15 is 0 Å². The van der Waals surface area contributed by atoms with Gasteiger partial charge in [0.05, 0.1) is 0 Å². The molecule has 0 aliphatic carbocycles. The Bertz CT molecular complexity index is 233. The van der Waals surface area contributed by atoms with Crippen LogP contribution in [-0.4, -0.2) is 15.0 Å². The fourth-order valence-corrected chi connectivity index (χ4v) is 0.318. The normalized spacial score (nSPS) is 7.00. The van der Waals surface area contributed by atoms with Crippen molar-refractivity contribution < 1.29 is 0 Å². The van der Waals surface area contributed by atoms with Crippen LogP contribution >= 0.6 is 0 Å². The van der Waals surface area contributed by atoms with Crippen LogP contribution in [0.25, 0.3) is 0 Å². The minimum atomic E-state index is -0.475. The second-order valence-electron chi connectivity index (χ2n) is 1.19. The van der Waals surface area contributed by atoms with Gasteiger partial charge in [0.1, 0.15) is 6.33 Å². The van der Waals surface area contributed by atoms with Gasteiger partial charge >= 0.3 is 5.69 Å². The number of hydrogen-bond acceptors (Lipinski definition) is 4. The SMILES string of the molecule is CC.CC.Nc1ncnc(=O)[nH]1. The van der Waals surface area contributed by atoms with Crippen LogP contribution in [0.1, 0.15) is 27.7 Å². The molecule has 5 nitrogen and oxygen atoms in total. The highest BCUT2D eigenvalue weighted by molar-refractivity contribution is 5.08. The van der Waals surface area contributed by atoms with Gasteiger partial charge in [-0.2, -0.15) is 4.98 Å². The Morgan fingerprint density at radius 3 is 2.00 bits per heavy atom. The zero-order valence-electron chi connectivity index (χ0n) is 7.96. The molecule has 0 aliphatic heterocycles. The molecule has 0 saturated carbocycles. The number of nitrogen functional groups attached to an aromatic ring is 1. The van der Waals surface area contributed by atoms with Crippen LogP contribution in [0.5, 0.6) is 0 Å². The van der Waals surface area contributed by atoms with Gasteiger partial charge in [-0.25, -0.2) is 9.78 Å². The summed E-state index contributed by atoms with van der Waals surface area (Å²) in [5, 5.41) is 0. The third-order valence-corrected chi connectivity index (χ3v) is 0.607. The van der Waals surface area contributed by atoms with Crippen LogP contribution < -0.4 is 11.4 Å². The molecule has 1 aromatic rings. The van der Waals surface area contributed by atoms with Crippen molar-refractivity contribution in [2.45, 2.75) is 27.7 Å². The van der Waals surface area contributed by atoms with Crippen LogP contribution in [0.4, 0.5) is 5.95 Å². The van der Waals surface area contributed by atoms with Gasteiger partial charge in [-0.15, -0.1) is 0 Å². The molecule has 70 valence electrons. The van der Waals surface area contributed by atoms with Gasteiger partial charge in [0.15, 0.2) is 0 Å². The average molecular weight is 172 g/mol. The second-order valence-corrected chi connectivity index (χ2v) is 1.19. The Labute approximate surface area is 72.1 Å². The molecule has 0 atom stereocenters. The standard InChI is InChI=1S/C3H4N4O.2C2H6/c4-2-5-1-6-3(8)7-2;2*1-2/h1H,(H3,4,5,6,7,8);2*1-2H3. The summed E-state index contributed by atoms with van der Waals surface area (Å²) in [7, 11) is 0.